The van der Waals surface area contributed by atoms with Crippen LogP contribution in [0.25, 0.3) is 0 Å². The van der Waals surface area contributed by atoms with Crippen molar-refractivity contribution in [2.24, 2.45) is 5.16 Å². The Bertz CT molecular complexity index is 567. The minimum atomic E-state index is 0.505. The maximum absolute atomic E-state index is 6.01. The molecule has 0 spiro atoms. The quantitative estimate of drug-likeness (QED) is 0.624. The molecular formula is C13H13Cl2N3O. The summed E-state index contributed by atoms with van der Waals surface area (Å²) in [7, 11) is 1.52. The Morgan fingerprint density at radius 3 is 2.84 bits per heavy atom. The summed E-state index contributed by atoms with van der Waals surface area (Å²) < 4.78 is 1.97. The Morgan fingerprint density at radius 2 is 2.21 bits per heavy atom. The van der Waals surface area contributed by atoms with Crippen molar-refractivity contribution in [3.8, 4) is 0 Å². The van der Waals surface area contributed by atoms with Crippen molar-refractivity contribution in [2.75, 3.05) is 7.11 Å². The van der Waals surface area contributed by atoms with E-state index in [2.05, 4.69) is 10.1 Å². The van der Waals surface area contributed by atoms with Crippen molar-refractivity contribution in [3.63, 3.8) is 0 Å². The monoisotopic (exact) mass is 297 g/mol. The first-order valence-corrected chi connectivity index (χ1v) is 6.47. The predicted octanol–water partition coefficient (Wildman–Crippen LogP) is 3.63. The van der Waals surface area contributed by atoms with Gasteiger partial charge < -0.3 is 9.40 Å². The van der Waals surface area contributed by atoms with Crippen molar-refractivity contribution >= 4 is 28.9 Å². The molecule has 0 fully saturated rings. The molecule has 1 aromatic carbocycles. The lowest BCUT2D eigenvalue weighted by molar-refractivity contribution is 0.212. The lowest BCUT2D eigenvalue weighted by atomic mass is 10.1. The van der Waals surface area contributed by atoms with Gasteiger partial charge in [0.05, 0.1) is 22.1 Å². The first-order valence-electron chi connectivity index (χ1n) is 5.72. The predicted molar refractivity (Wildman–Crippen MR) is 76.9 cm³/mol. The van der Waals surface area contributed by atoms with E-state index in [0.717, 1.165) is 17.8 Å². The van der Waals surface area contributed by atoms with Crippen molar-refractivity contribution < 1.29 is 4.84 Å². The molecule has 0 radical (unpaired) electrons. The van der Waals surface area contributed by atoms with Crippen LogP contribution in [0.3, 0.4) is 0 Å². The second-order valence-electron chi connectivity index (χ2n) is 3.90. The first-order chi connectivity index (χ1) is 9.20. The molecule has 0 amide bonds. The fourth-order valence-corrected chi connectivity index (χ4v) is 1.98. The Kier molecular flexibility index (Phi) is 4.82. The van der Waals surface area contributed by atoms with Crippen molar-refractivity contribution in [1.29, 1.82) is 0 Å². The Morgan fingerprint density at radius 1 is 1.37 bits per heavy atom. The summed E-state index contributed by atoms with van der Waals surface area (Å²) >= 11 is 11.9. The van der Waals surface area contributed by atoms with Crippen molar-refractivity contribution in [3.05, 3.63) is 52.5 Å². The summed E-state index contributed by atoms with van der Waals surface area (Å²) in [5.41, 5.74) is 1.71. The van der Waals surface area contributed by atoms with E-state index in [1.807, 2.05) is 16.8 Å². The number of benzene rings is 1. The molecule has 0 N–H and O–H groups in total. The van der Waals surface area contributed by atoms with Crippen molar-refractivity contribution in [2.45, 2.75) is 13.0 Å². The Balaban J connectivity index is 2.15. The molecule has 0 saturated carbocycles. The molecule has 0 aliphatic carbocycles. The van der Waals surface area contributed by atoms with Crippen LogP contribution < -0.4 is 0 Å². The standard InChI is InChI=1S/C13H13Cl2N3O/c1-19-17-13(4-6-18-7-5-16-9-18)10-2-3-11(14)12(15)8-10/h2-3,5,7-9H,4,6H2,1H3. The van der Waals surface area contributed by atoms with Crippen LogP contribution in [-0.4, -0.2) is 22.4 Å². The van der Waals surface area contributed by atoms with E-state index in [-0.39, 0.29) is 0 Å². The molecule has 0 unspecified atom stereocenters. The molecule has 1 aromatic heterocycles. The van der Waals surface area contributed by atoms with Gasteiger partial charge in [0.15, 0.2) is 0 Å². The average molecular weight is 298 g/mol. The van der Waals surface area contributed by atoms with Gasteiger partial charge in [0.1, 0.15) is 7.11 Å². The molecule has 0 atom stereocenters. The third kappa shape index (κ3) is 3.72. The van der Waals surface area contributed by atoms with Crippen LogP contribution in [0.1, 0.15) is 12.0 Å². The highest BCUT2D eigenvalue weighted by molar-refractivity contribution is 6.42. The van der Waals surface area contributed by atoms with Gasteiger partial charge in [-0.05, 0) is 12.1 Å². The molecule has 0 aliphatic rings. The fraction of sp³-hybridized carbons (Fsp3) is 0.231. The molecule has 19 heavy (non-hydrogen) atoms. The molecular weight excluding hydrogens is 285 g/mol. The minimum Gasteiger partial charge on any atom is -0.399 e. The van der Waals surface area contributed by atoms with Gasteiger partial charge in [-0.25, -0.2) is 4.98 Å². The largest absolute Gasteiger partial charge is 0.399 e. The zero-order chi connectivity index (χ0) is 13.7. The van der Waals surface area contributed by atoms with Crippen LogP contribution in [-0.2, 0) is 11.4 Å². The van der Waals surface area contributed by atoms with Crippen molar-refractivity contribution in [1.82, 2.24) is 9.55 Å². The zero-order valence-electron chi connectivity index (χ0n) is 10.4. The molecule has 100 valence electrons. The molecule has 4 nitrogen and oxygen atoms in total. The number of hydrogen-bond acceptors (Lipinski definition) is 3. The highest BCUT2D eigenvalue weighted by Crippen LogP contribution is 2.23. The number of halogens is 2. The number of hydrogen-bond donors (Lipinski definition) is 0. The summed E-state index contributed by atoms with van der Waals surface area (Å²) in [5.74, 6) is 0. The van der Waals surface area contributed by atoms with Gasteiger partial charge in [0, 0.05) is 30.9 Å². The smallest absolute Gasteiger partial charge is 0.106 e. The summed E-state index contributed by atoms with van der Waals surface area (Å²) in [4.78, 5) is 8.88. The average Bonchev–Trinajstić information content (AvgIpc) is 2.91. The van der Waals surface area contributed by atoms with Gasteiger partial charge >= 0.3 is 0 Å². The normalized spacial score (nSPS) is 11.6. The number of oxime groups is 1. The van der Waals surface area contributed by atoms with Crippen LogP contribution in [0.2, 0.25) is 10.0 Å². The van der Waals surface area contributed by atoms with E-state index in [0.29, 0.717) is 16.5 Å². The molecule has 1 heterocycles. The lowest BCUT2D eigenvalue weighted by Gasteiger charge is -2.08. The van der Waals surface area contributed by atoms with Gasteiger partial charge in [-0.3, -0.25) is 0 Å². The maximum Gasteiger partial charge on any atom is 0.106 e. The lowest BCUT2D eigenvalue weighted by Crippen LogP contribution is -2.07. The molecule has 2 aromatic rings. The zero-order valence-corrected chi connectivity index (χ0v) is 11.9. The third-order valence-electron chi connectivity index (χ3n) is 2.62. The fourth-order valence-electron chi connectivity index (χ4n) is 1.68. The highest BCUT2D eigenvalue weighted by atomic mass is 35.5. The van der Waals surface area contributed by atoms with Crippen LogP contribution in [0.4, 0.5) is 0 Å². The van der Waals surface area contributed by atoms with E-state index in [1.54, 1.807) is 24.7 Å². The molecule has 0 aliphatic heterocycles. The van der Waals surface area contributed by atoms with Gasteiger partial charge in [-0.1, -0.05) is 34.4 Å². The molecule has 6 heteroatoms. The summed E-state index contributed by atoms with van der Waals surface area (Å²) in [5, 5.41) is 5.08. The van der Waals surface area contributed by atoms with E-state index in [4.69, 9.17) is 28.0 Å². The van der Waals surface area contributed by atoms with E-state index in [9.17, 15) is 0 Å². The SMILES string of the molecule is CON=C(CCn1ccnc1)c1ccc(Cl)c(Cl)c1. The van der Waals surface area contributed by atoms with Gasteiger partial charge in [-0.2, -0.15) is 0 Å². The maximum atomic E-state index is 6.01. The highest BCUT2D eigenvalue weighted by Gasteiger charge is 2.08. The second-order valence-corrected chi connectivity index (χ2v) is 4.71. The molecule has 0 saturated heterocycles. The number of rotatable bonds is 5. The third-order valence-corrected chi connectivity index (χ3v) is 3.36. The topological polar surface area (TPSA) is 39.4 Å². The molecule has 2 rings (SSSR count). The number of aryl methyl sites for hydroxylation is 1. The van der Waals surface area contributed by atoms with Gasteiger partial charge in [0.2, 0.25) is 0 Å². The van der Waals surface area contributed by atoms with E-state index in [1.165, 1.54) is 7.11 Å². The van der Waals surface area contributed by atoms with Crippen LogP contribution in [0.5, 0.6) is 0 Å². The number of imidazole rings is 1. The first kappa shape index (κ1) is 13.9. The molecule has 0 bridgehead atoms. The van der Waals surface area contributed by atoms with E-state index >= 15 is 0 Å². The Hall–Kier alpha value is -1.52. The van der Waals surface area contributed by atoms with E-state index < -0.39 is 0 Å². The van der Waals surface area contributed by atoms with Crippen LogP contribution >= 0.6 is 23.2 Å². The van der Waals surface area contributed by atoms with Crippen LogP contribution in [0, 0.1) is 0 Å². The van der Waals surface area contributed by atoms with Gasteiger partial charge in [0.25, 0.3) is 0 Å². The summed E-state index contributed by atoms with van der Waals surface area (Å²) in [6.45, 7) is 0.766. The number of aromatic nitrogens is 2. The summed E-state index contributed by atoms with van der Waals surface area (Å²) in [6, 6.07) is 5.41. The van der Waals surface area contributed by atoms with Gasteiger partial charge in [-0.15, -0.1) is 0 Å². The van der Waals surface area contributed by atoms with Crippen LogP contribution in [0.15, 0.2) is 42.1 Å². The summed E-state index contributed by atoms with van der Waals surface area (Å²) in [6.07, 6.45) is 6.12. The second kappa shape index (κ2) is 6.59. The minimum absolute atomic E-state index is 0.505. The Labute approximate surface area is 121 Å². The number of nitrogens with zero attached hydrogens (tertiary/aromatic N) is 3.